The fraction of sp³-hybridized carbons (Fsp3) is 0. The first kappa shape index (κ1) is 12.6. The fourth-order valence-electron chi connectivity index (χ4n) is 1.77. The summed E-state index contributed by atoms with van der Waals surface area (Å²) in [5.74, 6) is -0.925. The molecule has 0 saturated carbocycles. The Labute approximate surface area is 118 Å². The minimum Gasteiger partial charge on any atom is -0.478 e. The van der Waals surface area contributed by atoms with Gasteiger partial charge in [-0.15, -0.1) is 0 Å². The molecular formula is C14H7N3O4. The molecule has 0 spiro atoms. The summed E-state index contributed by atoms with van der Waals surface area (Å²) in [5.41, 5.74) is 0.450. The zero-order valence-electron chi connectivity index (χ0n) is 10.5. The van der Waals surface area contributed by atoms with Crippen molar-refractivity contribution < 1.29 is 19.1 Å². The Bertz CT molecular complexity index is 862. The van der Waals surface area contributed by atoms with Crippen LogP contribution in [0.2, 0.25) is 0 Å². The van der Waals surface area contributed by atoms with Gasteiger partial charge in [-0.3, -0.25) is 0 Å². The molecule has 1 aromatic carbocycles. The van der Waals surface area contributed by atoms with Crippen LogP contribution in [0.25, 0.3) is 11.0 Å². The molecule has 3 aromatic rings. The number of hydrogen-bond donors (Lipinski definition) is 1. The van der Waals surface area contributed by atoms with E-state index in [1.807, 2.05) is 6.07 Å². The van der Waals surface area contributed by atoms with Crippen LogP contribution in [0.3, 0.4) is 0 Å². The molecular weight excluding hydrogens is 274 g/mol. The Kier molecular flexibility index (Phi) is 2.97. The summed E-state index contributed by atoms with van der Waals surface area (Å²) in [6.07, 6.45) is 2.25. The molecule has 0 fully saturated rings. The number of hydrogen-bond acceptors (Lipinski definition) is 6. The quantitative estimate of drug-likeness (QED) is 0.785. The molecule has 0 amide bonds. The fourth-order valence-corrected chi connectivity index (χ4v) is 1.77. The van der Waals surface area contributed by atoms with Crippen molar-refractivity contribution in [2.24, 2.45) is 0 Å². The lowest BCUT2D eigenvalue weighted by atomic mass is 10.2. The van der Waals surface area contributed by atoms with E-state index in [2.05, 4.69) is 9.97 Å². The van der Waals surface area contributed by atoms with E-state index in [4.69, 9.17) is 19.5 Å². The summed E-state index contributed by atoms with van der Waals surface area (Å²) >= 11 is 0. The van der Waals surface area contributed by atoms with Gasteiger partial charge < -0.3 is 14.3 Å². The number of furan rings is 1. The molecule has 21 heavy (non-hydrogen) atoms. The molecule has 3 rings (SSSR count). The Morgan fingerprint density at radius 2 is 2.00 bits per heavy atom. The summed E-state index contributed by atoms with van der Waals surface area (Å²) in [6, 6.07) is 8.82. The third kappa shape index (κ3) is 2.26. The number of aromatic nitrogens is 2. The van der Waals surface area contributed by atoms with E-state index < -0.39 is 5.97 Å². The molecule has 2 aromatic heterocycles. The molecule has 2 heterocycles. The minimum absolute atomic E-state index is 0.00195. The second kappa shape index (κ2) is 4.94. The monoisotopic (exact) mass is 281 g/mol. The van der Waals surface area contributed by atoms with Gasteiger partial charge in [0.25, 0.3) is 0 Å². The number of carboxylic acid groups (broad SMARTS) is 1. The van der Waals surface area contributed by atoms with Crippen LogP contribution in [-0.4, -0.2) is 21.0 Å². The second-order valence-corrected chi connectivity index (χ2v) is 4.03. The van der Waals surface area contributed by atoms with Gasteiger partial charge in [-0.1, -0.05) is 12.1 Å². The molecule has 0 aliphatic heterocycles. The van der Waals surface area contributed by atoms with E-state index in [1.165, 1.54) is 0 Å². The summed E-state index contributed by atoms with van der Waals surface area (Å²) in [4.78, 5) is 18.3. The molecule has 0 unspecified atom stereocenters. The zero-order valence-corrected chi connectivity index (χ0v) is 10.5. The number of nitrogens with zero attached hydrogens (tertiary/aromatic N) is 3. The van der Waals surface area contributed by atoms with Crippen molar-refractivity contribution in [3.8, 4) is 17.8 Å². The van der Waals surface area contributed by atoms with Crippen LogP contribution in [-0.2, 0) is 0 Å². The summed E-state index contributed by atoms with van der Waals surface area (Å²) in [5, 5.41) is 18.5. The van der Waals surface area contributed by atoms with E-state index >= 15 is 0 Å². The number of carbonyl (C=O) groups is 1. The summed E-state index contributed by atoms with van der Waals surface area (Å²) in [6.45, 7) is 0. The van der Waals surface area contributed by atoms with E-state index in [-0.39, 0.29) is 23.1 Å². The Balaban J connectivity index is 2.01. The maximum Gasteiger partial charge on any atom is 0.338 e. The molecule has 0 aliphatic rings. The molecule has 0 saturated heterocycles. The van der Waals surface area contributed by atoms with Crippen molar-refractivity contribution in [2.45, 2.75) is 0 Å². The van der Waals surface area contributed by atoms with Gasteiger partial charge >= 0.3 is 12.0 Å². The highest BCUT2D eigenvalue weighted by atomic mass is 16.5. The number of carboxylic acids is 1. The summed E-state index contributed by atoms with van der Waals surface area (Å²) < 4.78 is 10.8. The van der Waals surface area contributed by atoms with Gasteiger partial charge in [0.15, 0.2) is 5.75 Å². The topological polar surface area (TPSA) is 109 Å². The van der Waals surface area contributed by atoms with Crippen LogP contribution >= 0.6 is 0 Å². The summed E-state index contributed by atoms with van der Waals surface area (Å²) in [7, 11) is 0. The van der Waals surface area contributed by atoms with E-state index in [0.29, 0.717) is 11.0 Å². The van der Waals surface area contributed by atoms with E-state index in [9.17, 15) is 4.79 Å². The third-order valence-electron chi connectivity index (χ3n) is 2.72. The highest BCUT2D eigenvalue weighted by molar-refractivity contribution is 5.87. The molecule has 7 nitrogen and oxygen atoms in total. The van der Waals surface area contributed by atoms with Crippen molar-refractivity contribution >= 4 is 16.9 Å². The lowest BCUT2D eigenvalue weighted by Crippen LogP contribution is -2.00. The van der Waals surface area contributed by atoms with Gasteiger partial charge in [0, 0.05) is 12.4 Å². The Morgan fingerprint density at radius 3 is 2.67 bits per heavy atom. The Morgan fingerprint density at radius 1 is 1.29 bits per heavy atom. The molecule has 0 radical (unpaired) electrons. The van der Waals surface area contributed by atoms with Crippen molar-refractivity contribution in [3.63, 3.8) is 0 Å². The van der Waals surface area contributed by atoms with Crippen LogP contribution in [0.5, 0.6) is 11.8 Å². The molecule has 0 aliphatic carbocycles. The lowest BCUT2D eigenvalue weighted by molar-refractivity contribution is 0.0696. The molecule has 0 atom stereocenters. The van der Waals surface area contributed by atoms with Gasteiger partial charge in [-0.2, -0.15) is 5.26 Å². The van der Waals surface area contributed by atoms with Gasteiger partial charge in [0.05, 0.1) is 10.9 Å². The SMILES string of the molecule is N#Cc1oc2ccccc2c1Oc1ncc(C(=O)O)cn1. The van der Waals surface area contributed by atoms with Gasteiger partial charge in [0.2, 0.25) is 5.76 Å². The normalized spacial score (nSPS) is 10.2. The van der Waals surface area contributed by atoms with Crippen LogP contribution in [0.4, 0.5) is 0 Å². The van der Waals surface area contributed by atoms with Gasteiger partial charge in [0.1, 0.15) is 11.7 Å². The second-order valence-electron chi connectivity index (χ2n) is 4.03. The standard InChI is InChI=1S/C14H7N3O4/c15-5-11-12(9-3-1-2-4-10(9)20-11)21-14-16-6-8(7-17-14)13(18)19/h1-4,6-7H,(H,18,19). The van der Waals surface area contributed by atoms with Gasteiger partial charge in [-0.25, -0.2) is 14.8 Å². The third-order valence-corrected chi connectivity index (χ3v) is 2.72. The highest BCUT2D eigenvalue weighted by Crippen LogP contribution is 2.34. The van der Waals surface area contributed by atoms with Crippen molar-refractivity contribution in [1.82, 2.24) is 9.97 Å². The number of nitriles is 1. The van der Waals surface area contributed by atoms with Gasteiger partial charge in [-0.05, 0) is 12.1 Å². The smallest absolute Gasteiger partial charge is 0.338 e. The predicted molar refractivity (Wildman–Crippen MR) is 70.0 cm³/mol. The van der Waals surface area contributed by atoms with Crippen LogP contribution in [0.1, 0.15) is 16.1 Å². The van der Waals surface area contributed by atoms with Crippen molar-refractivity contribution in [1.29, 1.82) is 5.26 Å². The van der Waals surface area contributed by atoms with Crippen LogP contribution in [0.15, 0.2) is 41.1 Å². The lowest BCUT2D eigenvalue weighted by Gasteiger charge is -2.01. The molecule has 102 valence electrons. The average Bonchev–Trinajstić information content (AvgIpc) is 2.86. The van der Waals surface area contributed by atoms with Crippen LogP contribution in [0, 0.1) is 11.3 Å². The highest BCUT2D eigenvalue weighted by Gasteiger charge is 2.17. The number of ether oxygens (including phenoxy) is 1. The van der Waals surface area contributed by atoms with Crippen LogP contribution < -0.4 is 4.74 Å². The maximum absolute atomic E-state index is 10.7. The van der Waals surface area contributed by atoms with E-state index in [0.717, 1.165) is 12.4 Å². The minimum atomic E-state index is -1.13. The maximum atomic E-state index is 10.7. The predicted octanol–water partition coefficient (Wildman–Crippen LogP) is 2.58. The number of benzene rings is 1. The largest absolute Gasteiger partial charge is 0.478 e. The molecule has 1 N–H and O–H groups in total. The number of fused-ring (bicyclic) bond motifs is 1. The number of aromatic carboxylic acids is 1. The zero-order chi connectivity index (χ0) is 14.8. The van der Waals surface area contributed by atoms with Crippen molar-refractivity contribution in [2.75, 3.05) is 0 Å². The first-order chi connectivity index (χ1) is 10.2. The number of para-hydroxylation sites is 1. The average molecular weight is 281 g/mol. The Hall–Kier alpha value is -3.40. The van der Waals surface area contributed by atoms with E-state index in [1.54, 1.807) is 24.3 Å². The first-order valence-electron chi connectivity index (χ1n) is 5.84. The van der Waals surface area contributed by atoms with Crippen molar-refractivity contribution in [3.05, 3.63) is 48.0 Å². The number of rotatable bonds is 3. The molecule has 7 heteroatoms. The first-order valence-corrected chi connectivity index (χ1v) is 5.84. The molecule has 0 bridgehead atoms.